The Balaban J connectivity index is 0.741. The van der Waals surface area contributed by atoms with Crippen LogP contribution in [0, 0.1) is 0 Å². The number of aliphatic hydroxyl groups excluding tert-OH is 4. The molecule has 0 bridgehead atoms. The molecule has 5 atom stereocenters. The second-order valence-corrected chi connectivity index (χ2v) is 16.8. The molecular weight excluding hydrogens is 834 g/mol. The number of rotatable bonds is 9. The van der Waals surface area contributed by atoms with Crippen LogP contribution >= 0.6 is 0 Å². The van der Waals surface area contributed by atoms with Crippen molar-refractivity contribution in [1.82, 2.24) is 35.5 Å². The highest BCUT2D eigenvalue weighted by molar-refractivity contribution is 5.95. The minimum absolute atomic E-state index is 0.0551. The van der Waals surface area contributed by atoms with Gasteiger partial charge in [-0.05, 0) is 85.8 Å². The fourth-order valence-corrected chi connectivity index (χ4v) is 9.26. The number of piperazine rings is 1. The number of halogens is 3. The zero-order valence-corrected chi connectivity index (χ0v) is 34.7. The topological polar surface area (TPSA) is 191 Å². The van der Waals surface area contributed by atoms with E-state index < -0.39 is 42.7 Å². The molecule has 3 saturated heterocycles. The van der Waals surface area contributed by atoms with Crippen LogP contribution in [-0.4, -0.2) is 121 Å². The molecular formula is C46H49F3N8O7. The Morgan fingerprint density at radius 3 is 2.19 bits per heavy atom. The van der Waals surface area contributed by atoms with Crippen LogP contribution in [0.15, 0.2) is 95.5 Å². The molecule has 5 aromatic rings. The van der Waals surface area contributed by atoms with Crippen molar-refractivity contribution in [1.29, 1.82) is 0 Å². The molecule has 336 valence electrons. The van der Waals surface area contributed by atoms with Gasteiger partial charge in [0.1, 0.15) is 24.9 Å². The van der Waals surface area contributed by atoms with Crippen LogP contribution < -0.4 is 15.5 Å². The minimum Gasteiger partial charge on any atom is -0.379 e. The van der Waals surface area contributed by atoms with Gasteiger partial charge in [0.05, 0.1) is 11.6 Å². The van der Waals surface area contributed by atoms with Crippen LogP contribution in [0.1, 0.15) is 81.1 Å². The van der Waals surface area contributed by atoms with Gasteiger partial charge in [-0.15, -0.1) is 0 Å². The predicted octanol–water partition coefficient (Wildman–Crippen LogP) is 4.47. The van der Waals surface area contributed by atoms with E-state index in [9.17, 15) is 43.2 Å². The van der Waals surface area contributed by atoms with Crippen molar-refractivity contribution < 1.29 is 47.7 Å². The molecule has 5 unspecified atom stereocenters. The van der Waals surface area contributed by atoms with Gasteiger partial charge in [-0.2, -0.15) is 18.2 Å². The third-order valence-corrected chi connectivity index (χ3v) is 12.8. The summed E-state index contributed by atoms with van der Waals surface area (Å²) in [5.41, 5.74) is 4.22. The molecule has 9 rings (SSSR count). The fraction of sp³-hybridized carbons (Fsp3) is 0.391. The molecule has 0 saturated carbocycles. The van der Waals surface area contributed by atoms with E-state index in [0.29, 0.717) is 105 Å². The maximum atomic E-state index is 13.5. The second-order valence-electron chi connectivity index (χ2n) is 16.8. The van der Waals surface area contributed by atoms with Gasteiger partial charge >= 0.3 is 6.18 Å². The Kier molecular flexibility index (Phi) is 12.3. The molecule has 1 aromatic heterocycles. The van der Waals surface area contributed by atoms with Crippen molar-refractivity contribution in [2.75, 3.05) is 44.2 Å². The molecule has 15 nitrogen and oxygen atoms in total. The average Bonchev–Trinajstić information content (AvgIpc) is 3.89. The Bertz CT molecular complexity index is 2450. The van der Waals surface area contributed by atoms with Crippen molar-refractivity contribution in [3.8, 4) is 22.8 Å². The molecule has 3 fully saturated rings. The number of piperidine rings is 2. The van der Waals surface area contributed by atoms with Gasteiger partial charge in [0, 0.05) is 90.9 Å². The highest BCUT2D eigenvalue weighted by Crippen LogP contribution is 2.47. The van der Waals surface area contributed by atoms with Gasteiger partial charge in [0.15, 0.2) is 0 Å². The van der Waals surface area contributed by atoms with E-state index in [-0.39, 0.29) is 29.6 Å². The Labute approximate surface area is 366 Å². The summed E-state index contributed by atoms with van der Waals surface area (Å²) in [7, 11) is 0. The smallest absolute Gasteiger partial charge is 0.379 e. The van der Waals surface area contributed by atoms with Gasteiger partial charge in [0.25, 0.3) is 17.7 Å². The highest BCUT2D eigenvalue weighted by Gasteiger charge is 2.46. The third-order valence-electron chi connectivity index (χ3n) is 12.8. The van der Waals surface area contributed by atoms with E-state index in [4.69, 9.17) is 4.52 Å². The third kappa shape index (κ3) is 8.99. The highest BCUT2D eigenvalue weighted by atomic mass is 19.4. The zero-order chi connectivity index (χ0) is 44.7. The quantitative estimate of drug-likeness (QED) is 0.122. The Morgan fingerprint density at radius 1 is 0.781 bits per heavy atom. The molecule has 0 radical (unpaired) electrons. The Morgan fingerprint density at radius 2 is 1.48 bits per heavy atom. The van der Waals surface area contributed by atoms with E-state index in [1.165, 1.54) is 17.0 Å². The standard InChI is InChI=1S/C46H49F3N8O7/c47-46(48,49)32-13-11-28(12-14-32)39-52-42(64-53-39)29-7-9-30(10-8-29)43(61)56-23-21-54(22-24-56)26-27-3-1-4-31(25-27)40(59)50-33-17-19-55(20-18-33)35-6-2-5-34-38(35)45(63)57(44(34)62)36-15-16-37(58)51-41(36)60/h1-14,25,33,36-37,41,44-45,51,58,60,62-63H,15-24,26H2,(H,50,59). The summed E-state index contributed by atoms with van der Waals surface area (Å²) >= 11 is 0. The summed E-state index contributed by atoms with van der Waals surface area (Å²) in [6, 6.07) is 23.7. The molecule has 0 aliphatic carbocycles. The van der Waals surface area contributed by atoms with E-state index >= 15 is 0 Å². The molecule has 5 heterocycles. The van der Waals surface area contributed by atoms with Crippen LogP contribution in [0.2, 0.25) is 0 Å². The number of fused-ring (bicyclic) bond motifs is 1. The van der Waals surface area contributed by atoms with Crippen LogP contribution in [0.3, 0.4) is 0 Å². The zero-order valence-electron chi connectivity index (χ0n) is 34.7. The lowest BCUT2D eigenvalue weighted by molar-refractivity contribution is -0.158. The SMILES string of the molecule is O=C(NC1CCN(c2cccc3c2C(O)N(C2CCC(O)NC2O)C3O)CC1)c1cccc(CN2CCN(C(=O)c3ccc(-c4nc(-c5ccc(C(F)(F)F)cc5)no4)cc3)CC2)c1. The van der Waals surface area contributed by atoms with Crippen molar-refractivity contribution >= 4 is 17.5 Å². The number of hydrogen-bond donors (Lipinski definition) is 6. The van der Waals surface area contributed by atoms with Crippen LogP contribution in [0.5, 0.6) is 0 Å². The number of carbonyl (C=O) groups is 2. The number of nitrogens with one attached hydrogen (secondary N) is 2. The van der Waals surface area contributed by atoms with Crippen molar-refractivity contribution in [3.63, 3.8) is 0 Å². The molecule has 64 heavy (non-hydrogen) atoms. The van der Waals surface area contributed by atoms with Gasteiger partial charge < -0.3 is 40.1 Å². The number of nitrogens with zero attached hydrogens (tertiary/aromatic N) is 6. The van der Waals surface area contributed by atoms with Gasteiger partial charge in [-0.1, -0.05) is 41.6 Å². The second kappa shape index (κ2) is 18.0. The lowest BCUT2D eigenvalue weighted by Crippen LogP contribution is -2.57. The molecule has 6 N–H and O–H groups in total. The van der Waals surface area contributed by atoms with Crippen molar-refractivity contribution in [2.24, 2.45) is 0 Å². The number of amides is 2. The molecule has 4 aliphatic rings. The van der Waals surface area contributed by atoms with Crippen molar-refractivity contribution in [2.45, 2.75) is 75.4 Å². The fourth-order valence-electron chi connectivity index (χ4n) is 9.26. The predicted molar refractivity (Wildman–Crippen MR) is 227 cm³/mol. The van der Waals surface area contributed by atoms with Crippen molar-refractivity contribution in [3.05, 3.63) is 124 Å². The number of alkyl halides is 3. The first-order valence-corrected chi connectivity index (χ1v) is 21.5. The van der Waals surface area contributed by atoms with E-state index in [1.807, 2.05) is 30.3 Å². The first kappa shape index (κ1) is 43.5. The normalized spacial score (nSPS) is 23.6. The summed E-state index contributed by atoms with van der Waals surface area (Å²) in [4.78, 5) is 38.9. The van der Waals surface area contributed by atoms with Gasteiger partial charge in [0.2, 0.25) is 5.82 Å². The lowest BCUT2D eigenvalue weighted by Gasteiger charge is -2.40. The average molecular weight is 883 g/mol. The number of aromatic nitrogens is 2. The number of benzene rings is 4. The minimum atomic E-state index is -4.45. The largest absolute Gasteiger partial charge is 0.416 e. The summed E-state index contributed by atoms with van der Waals surface area (Å²) in [6.45, 7) is 4.22. The number of anilines is 1. The molecule has 0 spiro atoms. The molecule has 18 heteroatoms. The van der Waals surface area contributed by atoms with Gasteiger partial charge in [-0.3, -0.25) is 19.8 Å². The van der Waals surface area contributed by atoms with Crippen LogP contribution in [0.4, 0.5) is 18.9 Å². The summed E-state index contributed by atoms with van der Waals surface area (Å²) < 4.78 is 44.2. The lowest BCUT2D eigenvalue weighted by atomic mass is 10.00. The van der Waals surface area contributed by atoms with Crippen LogP contribution in [-0.2, 0) is 12.7 Å². The number of aliphatic hydroxyl groups is 4. The van der Waals surface area contributed by atoms with E-state index in [0.717, 1.165) is 23.4 Å². The Hall–Kier alpha value is -5.73. The number of carbonyl (C=O) groups excluding carboxylic acids is 2. The monoisotopic (exact) mass is 882 g/mol. The summed E-state index contributed by atoms with van der Waals surface area (Å²) in [5.74, 6) is 0.0576. The maximum Gasteiger partial charge on any atom is 0.416 e. The maximum absolute atomic E-state index is 13.5. The van der Waals surface area contributed by atoms with E-state index in [2.05, 4.69) is 30.6 Å². The number of hydrogen-bond acceptors (Lipinski definition) is 13. The molecule has 2 amide bonds. The summed E-state index contributed by atoms with van der Waals surface area (Å²) in [6.07, 6.45) is -6.52. The molecule has 4 aromatic carbocycles. The summed E-state index contributed by atoms with van der Waals surface area (Å²) in [5, 5.41) is 53.0. The van der Waals surface area contributed by atoms with Gasteiger partial charge in [-0.25, -0.2) is 4.90 Å². The van der Waals surface area contributed by atoms with Crippen LogP contribution in [0.25, 0.3) is 22.8 Å². The first-order valence-electron chi connectivity index (χ1n) is 21.5. The van der Waals surface area contributed by atoms with E-state index in [1.54, 1.807) is 41.3 Å². The first-order chi connectivity index (χ1) is 30.8. The molecule has 4 aliphatic heterocycles.